The van der Waals surface area contributed by atoms with Gasteiger partial charge in [0.25, 0.3) is 5.91 Å². The minimum Gasteiger partial charge on any atom is -0.357 e. The molecule has 1 aromatic carbocycles. The summed E-state index contributed by atoms with van der Waals surface area (Å²) in [5, 5.41) is 10.7. The van der Waals surface area contributed by atoms with Gasteiger partial charge in [0.1, 0.15) is 4.21 Å². The molecule has 0 radical (unpaired) electrons. The van der Waals surface area contributed by atoms with Gasteiger partial charge in [-0.1, -0.05) is 18.2 Å². The first-order valence-corrected chi connectivity index (χ1v) is 11.7. The second-order valence-electron chi connectivity index (χ2n) is 6.05. The quantitative estimate of drug-likeness (QED) is 0.253. The summed E-state index contributed by atoms with van der Waals surface area (Å²) >= 11 is 1.18. The summed E-state index contributed by atoms with van der Waals surface area (Å²) in [6.45, 7) is 3.81. The molecule has 0 bridgehead atoms. The second-order valence-corrected chi connectivity index (χ2v) is 8.99. The standard InChI is InChI=1S/C19H27N5O3S2/c1-3-21-19(23-11-12-24-29(26,27)17-8-5-13-28-17)22-10-9-15-6-4-7-16(14-15)18(25)20-2/h4-8,13-14,24H,3,9-12H2,1-2H3,(H,20,25)(H2,21,22,23). The van der Waals surface area contributed by atoms with Gasteiger partial charge in [0.2, 0.25) is 10.0 Å². The lowest BCUT2D eigenvalue weighted by molar-refractivity contribution is 0.0963. The van der Waals surface area contributed by atoms with Crippen molar-refractivity contribution >= 4 is 33.2 Å². The third-order valence-corrected chi connectivity index (χ3v) is 6.76. The molecule has 158 valence electrons. The Hall–Kier alpha value is -2.43. The molecule has 1 amide bonds. The van der Waals surface area contributed by atoms with Crippen LogP contribution in [0.1, 0.15) is 22.8 Å². The van der Waals surface area contributed by atoms with Crippen LogP contribution in [0.4, 0.5) is 0 Å². The number of rotatable bonds is 10. The highest BCUT2D eigenvalue weighted by atomic mass is 32.2. The molecule has 10 heteroatoms. The molecule has 0 saturated carbocycles. The molecule has 29 heavy (non-hydrogen) atoms. The number of aliphatic imine (C=N–C) groups is 1. The maximum atomic E-state index is 12.1. The van der Waals surface area contributed by atoms with Crippen LogP contribution in [0.5, 0.6) is 0 Å². The Kier molecular flexibility index (Phi) is 9.10. The van der Waals surface area contributed by atoms with Gasteiger partial charge in [-0.3, -0.25) is 9.79 Å². The van der Waals surface area contributed by atoms with Crippen molar-refractivity contribution in [3.63, 3.8) is 0 Å². The summed E-state index contributed by atoms with van der Waals surface area (Å²) in [5.74, 6) is 0.505. The minimum atomic E-state index is -3.47. The van der Waals surface area contributed by atoms with Crippen LogP contribution in [0.15, 0.2) is 51.0 Å². The van der Waals surface area contributed by atoms with E-state index in [-0.39, 0.29) is 12.5 Å². The molecular weight excluding hydrogens is 410 g/mol. The Bertz CT molecular complexity index is 912. The number of hydrogen-bond donors (Lipinski definition) is 4. The van der Waals surface area contributed by atoms with Crippen molar-refractivity contribution in [1.82, 2.24) is 20.7 Å². The number of hydrogen-bond acceptors (Lipinski definition) is 5. The van der Waals surface area contributed by atoms with Crippen molar-refractivity contribution in [3.05, 3.63) is 52.9 Å². The molecule has 1 heterocycles. The van der Waals surface area contributed by atoms with Gasteiger partial charge in [-0.25, -0.2) is 13.1 Å². The van der Waals surface area contributed by atoms with Crippen molar-refractivity contribution in [2.45, 2.75) is 17.6 Å². The van der Waals surface area contributed by atoms with E-state index in [0.29, 0.717) is 35.4 Å². The van der Waals surface area contributed by atoms with Crippen molar-refractivity contribution in [3.8, 4) is 0 Å². The van der Waals surface area contributed by atoms with Gasteiger partial charge >= 0.3 is 0 Å². The lowest BCUT2D eigenvalue weighted by Gasteiger charge is -2.12. The van der Waals surface area contributed by atoms with E-state index in [2.05, 4.69) is 25.7 Å². The Morgan fingerprint density at radius 2 is 1.97 bits per heavy atom. The van der Waals surface area contributed by atoms with E-state index in [4.69, 9.17) is 0 Å². The first-order chi connectivity index (χ1) is 14.0. The molecule has 4 N–H and O–H groups in total. The van der Waals surface area contributed by atoms with Crippen LogP contribution in [0.3, 0.4) is 0 Å². The average Bonchev–Trinajstić information content (AvgIpc) is 3.27. The number of carbonyl (C=O) groups excluding carboxylic acids is 1. The highest BCUT2D eigenvalue weighted by molar-refractivity contribution is 7.91. The maximum Gasteiger partial charge on any atom is 0.251 e. The molecule has 0 aliphatic rings. The number of guanidine groups is 1. The fraction of sp³-hybridized carbons (Fsp3) is 0.368. The number of amides is 1. The number of nitrogens with zero attached hydrogens (tertiary/aromatic N) is 1. The molecule has 2 aromatic rings. The van der Waals surface area contributed by atoms with Crippen LogP contribution < -0.4 is 20.7 Å². The molecule has 0 unspecified atom stereocenters. The van der Waals surface area contributed by atoms with E-state index in [1.165, 1.54) is 11.3 Å². The van der Waals surface area contributed by atoms with Gasteiger partial charge in [-0.2, -0.15) is 0 Å². The largest absolute Gasteiger partial charge is 0.357 e. The number of benzene rings is 1. The molecule has 0 spiro atoms. The van der Waals surface area contributed by atoms with Crippen LogP contribution in [0.2, 0.25) is 0 Å². The summed E-state index contributed by atoms with van der Waals surface area (Å²) in [5.41, 5.74) is 1.67. The molecule has 0 atom stereocenters. The molecule has 0 aliphatic carbocycles. The molecular formula is C19H27N5O3S2. The third-order valence-electron chi connectivity index (χ3n) is 3.90. The van der Waals surface area contributed by atoms with Crippen LogP contribution in [0.25, 0.3) is 0 Å². The van der Waals surface area contributed by atoms with Gasteiger partial charge in [0.15, 0.2) is 5.96 Å². The zero-order valence-electron chi connectivity index (χ0n) is 16.6. The summed E-state index contributed by atoms with van der Waals surface area (Å²) in [6, 6.07) is 10.7. The summed E-state index contributed by atoms with van der Waals surface area (Å²) in [6.07, 6.45) is 0.722. The van der Waals surface area contributed by atoms with Crippen LogP contribution >= 0.6 is 11.3 Å². The zero-order chi connectivity index (χ0) is 21.1. The van der Waals surface area contributed by atoms with E-state index in [9.17, 15) is 13.2 Å². The highest BCUT2D eigenvalue weighted by Gasteiger charge is 2.13. The predicted molar refractivity (Wildman–Crippen MR) is 117 cm³/mol. The molecule has 1 aromatic heterocycles. The molecule has 2 rings (SSSR count). The van der Waals surface area contributed by atoms with E-state index in [1.807, 2.05) is 25.1 Å². The van der Waals surface area contributed by atoms with E-state index < -0.39 is 10.0 Å². The van der Waals surface area contributed by atoms with Crippen molar-refractivity contribution < 1.29 is 13.2 Å². The Morgan fingerprint density at radius 3 is 2.66 bits per heavy atom. The molecule has 0 saturated heterocycles. The topological polar surface area (TPSA) is 112 Å². The number of thiophene rings is 1. The molecule has 0 fully saturated rings. The fourth-order valence-electron chi connectivity index (χ4n) is 2.51. The van der Waals surface area contributed by atoms with E-state index >= 15 is 0 Å². The minimum absolute atomic E-state index is 0.111. The maximum absolute atomic E-state index is 12.1. The van der Waals surface area contributed by atoms with Crippen LogP contribution in [0, 0.1) is 0 Å². The zero-order valence-corrected chi connectivity index (χ0v) is 18.2. The number of carbonyl (C=O) groups is 1. The monoisotopic (exact) mass is 437 g/mol. The predicted octanol–water partition coefficient (Wildman–Crippen LogP) is 1.18. The Labute approximate surface area is 175 Å². The van der Waals surface area contributed by atoms with Crippen molar-refractivity contribution in [2.75, 3.05) is 33.2 Å². The van der Waals surface area contributed by atoms with Gasteiger partial charge in [-0.05, 0) is 42.5 Å². The summed E-state index contributed by atoms with van der Waals surface area (Å²) in [7, 11) is -1.86. The Balaban J connectivity index is 1.82. The highest BCUT2D eigenvalue weighted by Crippen LogP contribution is 2.14. The third kappa shape index (κ3) is 7.48. The van der Waals surface area contributed by atoms with Crippen molar-refractivity contribution in [2.24, 2.45) is 4.99 Å². The first-order valence-electron chi connectivity index (χ1n) is 9.32. The van der Waals surface area contributed by atoms with Crippen LogP contribution in [-0.2, 0) is 16.4 Å². The van der Waals surface area contributed by atoms with Crippen LogP contribution in [-0.4, -0.2) is 53.5 Å². The molecule has 8 nitrogen and oxygen atoms in total. The SMILES string of the molecule is CCNC(=NCCNS(=O)(=O)c1cccs1)NCCc1cccc(C(=O)NC)c1. The normalized spacial score (nSPS) is 11.9. The van der Waals surface area contributed by atoms with E-state index in [0.717, 1.165) is 12.0 Å². The number of sulfonamides is 1. The van der Waals surface area contributed by atoms with Crippen molar-refractivity contribution in [1.29, 1.82) is 0 Å². The fourth-order valence-corrected chi connectivity index (χ4v) is 4.57. The van der Waals surface area contributed by atoms with Gasteiger partial charge in [0.05, 0.1) is 6.54 Å². The van der Waals surface area contributed by atoms with E-state index in [1.54, 1.807) is 30.6 Å². The summed E-state index contributed by atoms with van der Waals surface area (Å²) < 4.78 is 27.0. The second kappa shape index (κ2) is 11.5. The smallest absolute Gasteiger partial charge is 0.251 e. The van der Waals surface area contributed by atoms with Gasteiger partial charge in [0, 0.05) is 32.2 Å². The van der Waals surface area contributed by atoms with Gasteiger partial charge < -0.3 is 16.0 Å². The lowest BCUT2D eigenvalue weighted by atomic mass is 10.1. The first kappa shape index (κ1) is 22.9. The lowest BCUT2D eigenvalue weighted by Crippen LogP contribution is -2.39. The molecule has 0 aliphatic heterocycles. The number of nitrogens with one attached hydrogen (secondary N) is 4. The van der Waals surface area contributed by atoms with Gasteiger partial charge in [-0.15, -0.1) is 11.3 Å². The summed E-state index contributed by atoms with van der Waals surface area (Å²) in [4.78, 5) is 16.1. The Morgan fingerprint density at radius 1 is 1.14 bits per heavy atom. The average molecular weight is 438 g/mol.